The van der Waals surface area contributed by atoms with Gasteiger partial charge in [0, 0.05) is 22.8 Å². The predicted molar refractivity (Wildman–Crippen MR) is 85.7 cm³/mol. The molecule has 0 aliphatic carbocycles. The Morgan fingerprint density at radius 2 is 2.09 bits per heavy atom. The van der Waals surface area contributed by atoms with Crippen molar-refractivity contribution in [2.24, 2.45) is 0 Å². The molecular weight excluding hydrogens is 316 g/mol. The second-order valence-electron chi connectivity index (χ2n) is 6.05. The van der Waals surface area contributed by atoms with Crippen molar-refractivity contribution in [2.75, 3.05) is 0 Å². The first-order valence-corrected chi connectivity index (χ1v) is 7.50. The highest BCUT2D eigenvalue weighted by Crippen LogP contribution is 2.41. The first-order chi connectivity index (χ1) is 10.8. The van der Waals surface area contributed by atoms with Gasteiger partial charge in [0.25, 0.3) is 5.56 Å². The molecule has 2 heterocycles. The summed E-state index contributed by atoms with van der Waals surface area (Å²) in [4.78, 5) is 12.3. The molecule has 0 amide bonds. The van der Waals surface area contributed by atoms with Crippen LogP contribution in [0.2, 0.25) is 5.02 Å². The summed E-state index contributed by atoms with van der Waals surface area (Å²) in [5, 5.41) is 20.2. The monoisotopic (exact) mass is 330 g/mol. The molecule has 2 aromatic rings. The lowest BCUT2D eigenvalue weighted by Gasteiger charge is -2.42. The van der Waals surface area contributed by atoms with Gasteiger partial charge in [-0.2, -0.15) is 5.26 Å². The highest BCUT2D eigenvalue weighted by Gasteiger charge is 2.44. The Labute approximate surface area is 138 Å². The van der Waals surface area contributed by atoms with Gasteiger partial charge < -0.3 is 14.4 Å². The van der Waals surface area contributed by atoms with Crippen LogP contribution in [-0.2, 0) is 0 Å². The van der Waals surface area contributed by atoms with Crippen molar-refractivity contribution in [1.82, 2.24) is 4.57 Å². The summed E-state index contributed by atoms with van der Waals surface area (Å²) in [7, 11) is 0. The lowest BCUT2D eigenvalue weighted by molar-refractivity contribution is -0.0642. The summed E-state index contributed by atoms with van der Waals surface area (Å²) in [5.41, 5.74) is -0.177. The van der Waals surface area contributed by atoms with Gasteiger partial charge in [0.1, 0.15) is 17.5 Å². The van der Waals surface area contributed by atoms with E-state index in [4.69, 9.17) is 21.6 Å². The van der Waals surface area contributed by atoms with E-state index in [0.717, 1.165) is 0 Å². The fourth-order valence-corrected chi connectivity index (χ4v) is 2.98. The molecule has 0 spiro atoms. The Hall–Kier alpha value is -2.29. The number of hydrogen-bond donors (Lipinski definition) is 1. The Kier molecular flexibility index (Phi) is 3.67. The van der Waals surface area contributed by atoms with Crippen molar-refractivity contribution in [3.05, 3.63) is 63.0 Å². The van der Waals surface area contributed by atoms with Crippen molar-refractivity contribution in [3.8, 4) is 11.8 Å². The third-order valence-electron chi connectivity index (χ3n) is 4.05. The number of halogens is 1. The minimum atomic E-state index is -0.970. The molecule has 0 saturated carbocycles. The van der Waals surface area contributed by atoms with Crippen LogP contribution < -0.4 is 10.3 Å². The van der Waals surface area contributed by atoms with Crippen LogP contribution in [-0.4, -0.2) is 21.4 Å². The van der Waals surface area contributed by atoms with E-state index in [-0.39, 0.29) is 5.56 Å². The SMILES string of the molecule is CC1(C)Oc2ccc(C#N)cc2C(n2ccc(Cl)cc2=O)C1O. The number of aromatic nitrogens is 1. The van der Waals surface area contributed by atoms with Crippen molar-refractivity contribution in [1.29, 1.82) is 5.26 Å². The van der Waals surface area contributed by atoms with E-state index in [2.05, 4.69) is 6.07 Å². The van der Waals surface area contributed by atoms with Crippen LogP contribution in [0, 0.1) is 11.3 Å². The Morgan fingerprint density at radius 3 is 2.74 bits per heavy atom. The normalized spacial score (nSPS) is 21.9. The average molecular weight is 331 g/mol. The molecule has 0 saturated heterocycles. The van der Waals surface area contributed by atoms with E-state index in [1.807, 2.05) is 0 Å². The van der Waals surface area contributed by atoms with Crippen molar-refractivity contribution in [3.63, 3.8) is 0 Å². The number of aliphatic hydroxyl groups is 1. The molecule has 3 rings (SSSR count). The van der Waals surface area contributed by atoms with E-state index < -0.39 is 17.7 Å². The highest BCUT2D eigenvalue weighted by atomic mass is 35.5. The van der Waals surface area contributed by atoms with Gasteiger partial charge in [0.15, 0.2) is 0 Å². The smallest absolute Gasteiger partial charge is 0.252 e. The van der Waals surface area contributed by atoms with E-state index in [9.17, 15) is 9.90 Å². The highest BCUT2D eigenvalue weighted by molar-refractivity contribution is 6.30. The van der Waals surface area contributed by atoms with Crippen LogP contribution in [0.4, 0.5) is 0 Å². The van der Waals surface area contributed by atoms with Gasteiger partial charge in [-0.25, -0.2) is 0 Å². The quantitative estimate of drug-likeness (QED) is 0.871. The first kappa shape index (κ1) is 15.6. The van der Waals surface area contributed by atoms with Gasteiger partial charge in [-0.05, 0) is 38.1 Å². The van der Waals surface area contributed by atoms with Crippen LogP contribution >= 0.6 is 11.6 Å². The first-order valence-electron chi connectivity index (χ1n) is 7.12. The molecule has 0 fully saturated rings. The molecule has 0 radical (unpaired) electrons. The second kappa shape index (κ2) is 5.41. The summed E-state index contributed by atoms with van der Waals surface area (Å²) >= 11 is 5.85. The molecule has 1 aromatic heterocycles. The Bertz CT molecular complexity index is 867. The van der Waals surface area contributed by atoms with Crippen LogP contribution in [0.3, 0.4) is 0 Å². The summed E-state index contributed by atoms with van der Waals surface area (Å²) in [6.45, 7) is 3.51. The molecule has 1 N–H and O–H groups in total. The minimum Gasteiger partial charge on any atom is -0.485 e. The number of fused-ring (bicyclic) bond motifs is 1. The van der Waals surface area contributed by atoms with Crippen LogP contribution in [0.1, 0.15) is 31.0 Å². The molecule has 23 heavy (non-hydrogen) atoms. The number of benzene rings is 1. The maximum atomic E-state index is 12.3. The van der Waals surface area contributed by atoms with Gasteiger partial charge >= 0.3 is 0 Å². The summed E-state index contributed by atoms with van der Waals surface area (Å²) in [6.07, 6.45) is 0.575. The van der Waals surface area contributed by atoms with E-state index in [1.54, 1.807) is 44.3 Å². The van der Waals surface area contributed by atoms with E-state index in [1.165, 1.54) is 10.6 Å². The minimum absolute atomic E-state index is 0.326. The number of ether oxygens (including phenoxy) is 1. The van der Waals surface area contributed by atoms with Gasteiger partial charge in [-0.15, -0.1) is 0 Å². The van der Waals surface area contributed by atoms with Crippen LogP contribution in [0.25, 0.3) is 0 Å². The van der Waals surface area contributed by atoms with Crippen molar-refractivity contribution < 1.29 is 9.84 Å². The number of nitrogens with zero attached hydrogens (tertiary/aromatic N) is 2. The van der Waals surface area contributed by atoms with Crippen LogP contribution in [0.5, 0.6) is 5.75 Å². The van der Waals surface area contributed by atoms with E-state index in [0.29, 0.717) is 21.9 Å². The topological polar surface area (TPSA) is 75.2 Å². The molecule has 2 atom stereocenters. The van der Waals surface area contributed by atoms with Crippen LogP contribution in [0.15, 0.2) is 41.3 Å². The van der Waals surface area contributed by atoms with E-state index >= 15 is 0 Å². The second-order valence-corrected chi connectivity index (χ2v) is 6.49. The number of rotatable bonds is 1. The predicted octanol–water partition coefficient (Wildman–Crippen LogP) is 2.49. The Balaban J connectivity index is 2.26. The number of nitriles is 1. The standard InChI is InChI=1S/C17H15ClN2O3/c1-17(2)16(22)15(20-6-5-11(18)8-14(20)21)12-7-10(9-19)3-4-13(12)23-17/h3-8,15-16,22H,1-2H3. The molecule has 1 aliphatic rings. The van der Waals surface area contributed by atoms with Gasteiger partial charge in [0.05, 0.1) is 17.7 Å². The molecule has 1 aliphatic heterocycles. The molecular formula is C17H15ClN2O3. The number of hydrogen-bond acceptors (Lipinski definition) is 4. The zero-order chi connectivity index (χ0) is 16.8. The maximum absolute atomic E-state index is 12.3. The maximum Gasteiger partial charge on any atom is 0.252 e. The molecule has 6 heteroatoms. The number of aliphatic hydroxyl groups excluding tert-OH is 1. The van der Waals surface area contributed by atoms with Gasteiger partial charge in [0.2, 0.25) is 0 Å². The van der Waals surface area contributed by atoms with Crippen molar-refractivity contribution >= 4 is 11.6 Å². The lowest BCUT2D eigenvalue weighted by Crippen LogP contribution is -2.52. The summed E-state index contributed by atoms with van der Waals surface area (Å²) in [5.74, 6) is 0.547. The summed E-state index contributed by atoms with van der Waals surface area (Å²) in [6, 6.07) is 9.26. The zero-order valence-corrected chi connectivity index (χ0v) is 13.4. The molecule has 118 valence electrons. The number of pyridine rings is 1. The third-order valence-corrected chi connectivity index (χ3v) is 4.29. The average Bonchev–Trinajstić information content (AvgIpc) is 2.49. The molecule has 1 aromatic carbocycles. The molecule has 5 nitrogen and oxygen atoms in total. The molecule has 0 bridgehead atoms. The van der Waals surface area contributed by atoms with Gasteiger partial charge in [-0.3, -0.25) is 4.79 Å². The fourth-order valence-electron chi connectivity index (χ4n) is 2.83. The fraction of sp³-hybridized carbons (Fsp3) is 0.294. The third kappa shape index (κ3) is 2.61. The Morgan fingerprint density at radius 1 is 1.35 bits per heavy atom. The van der Waals surface area contributed by atoms with Crippen molar-refractivity contribution in [2.45, 2.75) is 31.6 Å². The van der Waals surface area contributed by atoms with Gasteiger partial charge in [-0.1, -0.05) is 11.6 Å². The largest absolute Gasteiger partial charge is 0.485 e. The summed E-state index contributed by atoms with van der Waals surface area (Å²) < 4.78 is 7.26. The molecule has 2 unspecified atom stereocenters. The zero-order valence-electron chi connectivity index (χ0n) is 12.7. The lowest BCUT2D eigenvalue weighted by atomic mass is 9.85.